The Kier molecular flexibility index (Phi) is 3.80. The largest absolute Gasteiger partial charge is 0.462 e. The molecular weight excluding hydrogens is 166 g/mol. The van der Waals surface area contributed by atoms with Gasteiger partial charge in [-0.1, -0.05) is 12.8 Å². The van der Waals surface area contributed by atoms with Crippen LogP contribution in [0, 0.1) is 5.92 Å². The number of carbonyl (C=O) groups excluding carboxylic acids is 1. The summed E-state index contributed by atoms with van der Waals surface area (Å²) in [6, 6.07) is 0. The summed E-state index contributed by atoms with van der Waals surface area (Å²) in [4.78, 5) is 11.0. The Morgan fingerprint density at radius 1 is 1.54 bits per heavy atom. The molecule has 0 heterocycles. The third-order valence-electron chi connectivity index (χ3n) is 2.28. The maximum Gasteiger partial charge on any atom is 0.332 e. The minimum absolute atomic E-state index is 0.313. The summed E-state index contributed by atoms with van der Waals surface area (Å²) in [5, 5.41) is 0. The van der Waals surface area contributed by atoms with E-state index in [0.29, 0.717) is 18.2 Å². The molecule has 1 saturated carbocycles. The van der Waals surface area contributed by atoms with E-state index in [2.05, 4.69) is 0 Å². The van der Waals surface area contributed by atoms with Gasteiger partial charge in [-0.05, 0) is 25.7 Å². The number of carbonyl (C=O) groups is 1. The van der Waals surface area contributed by atoms with Crippen LogP contribution in [0.25, 0.3) is 0 Å². The van der Waals surface area contributed by atoms with Gasteiger partial charge in [0.2, 0.25) is 0 Å². The summed E-state index contributed by atoms with van der Waals surface area (Å²) in [5.41, 5.74) is 5.83. The van der Waals surface area contributed by atoms with E-state index in [9.17, 15) is 4.79 Å². The number of rotatable bonds is 3. The molecule has 0 aliphatic heterocycles. The van der Waals surface area contributed by atoms with Crippen LogP contribution in [0.4, 0.5) is 0 Å². The van der Waals surface area contributed by atoms with E-state index in [1.54, 1.807) is 6.92 Å². The summed E-state index contributed by atoms with van der Waals surface area (Å²) < 4.78 is 5.04. The highest BCUT2D eigenvalue weighted by molar-refractivity contribution is 5.82. The van der Waals surface area contributed by atoms with E-state index in [1.807, 2.05) is 0 Å². The minimum Gasteiger partial charge on any atom is -0.462 e. The zero-order valence-corrected chi connectivity index (χ0v) is 8.08. The van der Waals surface area contributed by atoms with Crippen molar-refractivity contribution in [2.45, 2.75) is 32.6 Å². The van der Waals surface area contributed by atoms with Crippen molar-refractivity contribution in [2.24, 2.45) is 11.7 Å². The van der Waals surface area contributed by atoms with Crippen molar-refractivity contribution in [2.75, 3.05) is 6.61 Å². The lowest BCUT2D eigenvalue weighted by Crippen LogP contribution is -2.11. The molecule has 3 nitrogen and oxygen atoms in total. The molecule has 0 aromatic carbocycles. The fraction of sp³-hybridized carbons (Fsp3) is 0.700. The Labute approximate surface area is 78.9 Å². The molecule has 0 saturated heterocycles. The summed E-state index contributed by atoms with van der Waals surface area (Å²) in [7, 11) is 0. The zero-order chi connectivity index (χ0) is 9.68. The molecule has 0 radical (unpaired) electrons. The van der Waals surface area contributed by atoms with Gasteiger partial charge >= 0.3 is 5.97 Å². The summed E-state index contributed by atoms with van der Waals surface area (Å²) in [6.07, 6.45) is 6.26. The maximum atomic E-state index is 11.0. The van der Waals surface area contributed by atoms with Gasteiger partial charge in [-0.15, -0.1) is 0 Å². The molecule has 1 aliphatic rings. The molecule has 0 amide bonds. The van der Waals surface area contributed by atoms with Crippen molar-refractivity contribution >= 4 is 5.97 Å². The molecule has 74 valence electrons. The Morgan fingerprint density at radius 3 is 2.69 bits per heavy atom. The van der Waals surface area contributed by atoms with Crippen LogP contribution in [0.15, 0.2) is 11.8 Å². The first-order chi connectivity index (χ1) is 6.18. The van der Waals surface area contributed by atoms with Gasteiger partial charge in [0.1, 0.15) is 0 Å². The van der Waals surface area contributed by atoms with Crippen LogP contribution < -0.4 is 5.73 Å². The maximum absolute atomic E-state index is 11.0. The van der Waals surface area contributed by atoms with Crippen molar-refractivity contribution in [1.29, 1.82) is 0 Å². The molecule has 1 aliphatic carbocycles. The van der Waals surface area contributed by atoms with Crippen molar-refractivity contribution in [3.63, 3.8) is 0 Å². The van der Waals surface area contributed by atoms with Crippen LogP contribution in [0.2, 0.25) is 0 Å². The molecule has 0 atom stereocenters. The van der Waals surface area contributed by atoms with Crippen LogP contribution in [-0.4, -0.2) is 12.6 Å². The summed E-state index contributed by atoms with van der Waals surface area (Å²) in [6.45, 7) is 2.24. The number of hydrogen-bond donors (Lipinski definition) is 1. The molecule has 0 aromatic rings. The van der Waals surface area contributed by atoms with E-state index in [1.165, 1.54) is 31.8 Å². The van der Waals surface area contributed by atoms with Gasteiger partial charge in [0.25, 0.3) is 0 Å². The monoisotopic (exact) mass is 183 g/mol. The molecule has 0 bridgehead atoms. The zero-order valence-electron chi connectivity index (χ0n) is 8.08. The van der Waals surface area contributed by atoms with E-state index < -0.39 is 0 Å². The second-order valence-electron chi connectivity index (χ2n) is 3.67. The number of ether oxygens (including phenoxy) is 1. The van der Waals surface area contributed by atoms with Crippen LogP contribution in [0.3, 0.4) is 0 Å². The van der Waals surface area contributed by atoms with Crippen LogP contribution >= 0.6 is 0 Å². The molecular formula is C10H17NO2. The highest BCUT2D eigenvalue weighted by Crippen LogP contribution is 2.24. The van der Waals surface area contributed by atoms with Gasteiger partial charge in [-0.2, -0.15) is 0 Å². The second kappa shape index (κ2) is 4.90. The lowest BCUT2D eigenvalue weighted by atomic mass is 10.1. The Hall–Kier alpha value is -0.990. The van der Waals surface area contributed by atoms with Crippen LogP contribution in [0.5, 0.6) is 0 Å². The third kappa shape index (κ3) is 3.97. The Morgan fingerprint density at radius 2 is 2.15 bits per heavy atom. The smallest absolute Gasteiger partial charge is 0.332 e. The molecule has 13 heavy (non-hydrogen) atoms. The first-order valence-corrected chi connectivity index (χ1v) is 4.79. The van der Waals surface area contributed by atoms with Gasteiger partial charge in [-0.25, -0.2) is 4.79 Å². The van der Waals surface area contributed by atoms with Crippen molar-refractivity contribution in [1.82, 2.24) is 0 Å². The van der Waals surface area contributed by atoms with E-state index in [-0.39, 0.29) is 5.97 Å². The van der Waals surface area contributed by atoms with Crippen LogP contribution in [0.1, 0.15) is 32.6 Å². The quantitative estimate of drug-likeness (QED) is 0.534. The number of allylic oxidation sites excluding steroid dienone is 1. The van der Waals surface area contributed by atoms with E-state index in [4.69, 9.17) is 10.5 Å². The van der Waals surface area contributed by atoms with Gasteiger partial charge in [0.05, 0.1) is 6.61 Å². The van der Waals surface area contributed by atoms with Crippen molar-refractivity contribution in [3.8, 4) is 0 Å². The standard InChI is InChI=1S/C10H17NO2/c1-8(11)6-10(12)13-7-9-4-2-3-5-9/h6,9H,2-5,7,11H2,1H3/b8-6-. The molecule has 3 heteroatoms. The number of hydrogen-bond acceptors (Lipinski definition) is 3. The molecule has 1 rings (SSSR count). The minimum atomic E-state index is -0.313. The molecule has 0 aromatic heterocycles. The van der Waals surface area contributed by atoms with Crippen molar-refractivity contribution < 1.29 is 9.53 Å². The molecule has 0 unspecified atom stereocenters. The molecule has 0 spiro atoms. The number of esters is 1. The SMILES string of the molecule is C/C(N)=C/C(=O)OCC1CCCC1. The Balaban J connectivity index is 2.18. The predicted molar refractivity (Wildman–Crippen MR) is 50.9 cm³/mol. The predicted octanol–water partition coefficient (Wildman–Crippen LogP) is 1.58. The molecule has 2 N–H and O–H groups in total. The lowest BCUT2D eigenvalue weighted by molar-refractivity contribution is -0.139. The summed E-state index contributed by atoms with van der Waals surface area (Å²) >= 11 is 0. The topological polar surface area (TPSA) is 52.3 Å². The van der Waals surface area contributed by atoms with Gasteiger partial charge in [0.15, 0.2) is 0 Å². The first-order valence-electron chi connectivity index (χ1n) is 4.79. The van der Waals surface area contributed by atoms with Crippen molar-refractivity contribution in [3.05, 3.63) is 11.8 Å². The van der Waals surface area contributed by atoms with Gasteiger partial charge in [0, 0.05) is 11.8 Å². The lowest BCUT2D eigenvalue weighted by Gasteiger charge is -2.07. The van der Waals surface area contributed by atoms with Gasteiger partial charge < -0.3 is 10.5 Å². The highest BCUT2D eigenvalue weighted by atomic mass is 16.5. The second-order valence-corrected chi connectivity index (χ2v) is 3.67. The first kappa shape index (κ1) is 10.1. The Bertz CT molecular complexity index is 201. The third-order valence-corrected chi connectivity index (χ3v) is 2.28. The van der Waals surface area contributed by atoms with E-state index >= 15 is 0 Å². The fourth-order valence-electron chi connectivity index (χ4n) is 1.60. The number of nitrogens with two attached hydrogens (primary N) is 1. The highest BCUT2D eigenvalue weighted by Gasteiger charge is 2.16. The van der Waals surface area contributed by atoms with Gasteiger partial charge in [-0.3, -0.25) is 0 Å². The van der Waals surface area contributed by atoms with Crippen LogP contribution in [-0.2, 0) is 9.53 Å². The average Bonchev–Trinajstić information content (AvgIpc) is 2.51. The summed E-state index contributed by atoms with van der Waals surface area (Å²) in [5.74, 6) is 0.266. The normalized spacial score (nSPS) is 19.0. The average molecular weight is 183 g/mol. The fourth-order valence-corrected chi connectivity index (χ4v) is 1.60. The molecule has 1 fully saturated rings. The van der Waals surface area contributed by atoms with E-state index in [0.717, 1.165) is 0 Å².